The second-order valence-corrected chi connectivity index (χ2v) is 6.37. The lowest BCUT2D eigenvalue weighted by atomic mass is 10.2. The highest BCUT2D eigenvalue weighted by Gasteiger charge is 2.18. The molecule has 3 rings (SSSR count). The van der Waals surface area contributed by atoms with Gasteiger partial charge in [0.2, 0.25) is 0 Å². The Hall–Kier alpha value is -1.40. The van der Waals surface area contributed by atoms with Crippen LogP contribution in [0.1, 0.15) is 27.3 Å². The zero-order valence-corrected chi connectivity index (χ0v) is 12.5. The van der Waals surface area contributed by atoms with Gasteiger partial charge in [0.1, 0.15) is 0 Å². The van der Waals surface area contributed by atoms with Crippen LogP contribution < -0.4 is 11.1 Å². The number of thiazole rings is 1. The molecule has 0 atom stereocenters. The quantitative estimate of drug-likeness (QED) is 0.826. The molecule has 1 aliphatic rings. The SMILES string of the molecule is Nc1cc(C(=O)Nc2nc3c(s2)CCC3)ccc1Br. The van der Waals surface area contributed by atoms with Crippen molar-refractivity contribution in [1.82, 2.24) is 4.98 Å². The van der Waals surface area contributed by atoms with Crippen LogP contribution in [0.3, 0.4) is 0 Å². The van der Waals surface area contributed by atoms with Crippen LogP contribution in [0.15, 0.2) is 22.7 Å². The predicted octanol–water partition coefficient (Wildman–Crippen LogP) is 3.23. The fourth-order valence-electron chi connectivity index (χ4n) is 2.10. The Kier molecular flexibility index (Phi) is 3.28. The standard InChI is InChI=1S/C13H12BrN3OS/c14-8-5-4-7(6-9(8)15)12(18)17-13-16-10-2-1-3-11(10)19-13/h4-6H,1-3,15H2,(H,16,17,18). The lowest BCUT2D eigenvalue weighted by Gasteiger charge is -2.04. The maximum Gasteiger partial charge on any atom is 0.257 e. The number of hydrogen-bond donors (Lipinski definition) is 2. The number of anilines is 2. The van der Waals surface area contributed by atoms with Gasteiger partial charge in [-0.25, -0.2) is 4.98 Å². The topological polar surface area (TPSA) is 68.0 Å². The first-order valence-corrected chi connectivity index (χ1v) is 7.59. The number of halogens is 1. The summed E-state index contributed by atoms with van der Waals surface area (Å²) in [5.41, 5.74) is 7.99. The van der Waals surface area contributed by atoms with Crippen molar-refractivity contribution in [2.24, 2.45) is 0 Å². The number of benzene rings is 1. The summed E-state index contributed by atoms with van der Waals surface area (Å²) in [4.78, 5) is 17.8. The van der Waals surface area contributed by atoms with E-state index in [2.05, 4.69) is 26.2 Å². The number of amides is 1. The molecular formula is C13H12BrN3OS. The van der Waals surface area contributed by atoms with Crippen molar-refractivity contribution in [2.45, 2.75) is 19.3 Å². The molecular weight excluding hydrogens is 326 g/mol. The van der Waals surface area contributed by atoms with Crippen LogP contribution >= 0.6 is 27.3 Å². The Balaban J connectivity index is 1.78. The first kappa shape index (κ1) is 12.6. The summed E-state index contributed by atoms with van der Waals surface area (Å²) in [6.45, 7) is 0. The number of fused-ring (bicyclic) bond motifs is 1. The van der Waals surface area contributed by atoms with Crippen molar-refractivity contribution in [3.8, 4) is 0 Å². The number of nitrogens with one attached hydrogen (secondary N) is 1. The number of carbonyl (C=O) groups is 1. The van der Waals surface area contributed by atoms with Gasteiger partial charge in [0.05, 0.1) is 5.69 Å². The maximum absolute atomic E-state index is 12.1. The van der Waals surface area contributed by atoms with Gasteiger partial charge >= 0.3 is 0 Å². The number of aryl methyl sites for hydroxylation is 2. The number of aromatic nitrogens is 1. The van der Waals surface area contributed by atoms with Gasteiger partial charge in [-0.15, -0.1) is 11.3 Å². The molecule has 19 heavy (non-hydrogen) atoms. The fourth-order valence-corrected chi connectivity index (χ4v) is 3.39. The summed E-state index contributed by atoms with van der Waals surface area (Å²) in [6.07, 6.45) is 3.27. The normalized spacial score (nSPS) is 13.3. The van der Waals surface area contributed by atoms with Gasteiger partial charge in [-0.1, -0.05) is 0 Å². The summed E-state index contributed by atoms with van der Waals surface area (Å²) < 4.78 is 0.789. The number of rotatable bonds is 2. The van der Waals surface area contributed by atoms with Crippen LogP contribution in [0.25, 0.3) is 0 Å². The summed E-state index contributed by atoms with van der Waals surface area (Å²) in [5.74, 6) is -0.174. The van der Waals surface area contributed by atoms with Gasteiger partial charge in [-0.05, 0) is 53.4 Å². The molecule has 0 bridgehead atoms. The van der Waals surface area contributed by atoms with E-state index in [0.717, 1.165) is 23.0 Å². The van der Waals surface area contributed by atoms with Crippen LogP contribution in [-0.4, -0.2) is 10.9 Å². The third-order valence-electron chi connectivity index (χ3n) is 3.07. The number of nitrogens with two attached hydrogens (primary N) is 1. The van der Waals surface area contributed by atoms with Crippen LogP contribution in [-0.2, 0) is 12.8 Å². The molecule has 0 saturated carbocycles. The lowest BCUT2D eigenvalue weighted by Crippen LogP contribution is -2.12. The fraction of sp³-hybridized carbons (Fsp3) is 0.231. The lowest BCUT2D eigenvalue weighted by molar-refractivity contribution is 0.102. The Morgan fingerprint density at radius 1 is 1.42 bits per heavy atom. The van der Waals surface area contributed by atoms with Gasteiger partial charge in [-0.2, -0.15) is 0 Å². The minimum absolute atomic E-state index is 0.174. The smallest absolute Gasteiger partial charge is 0.257 e. The van der Waals surface area contributed by atoms with E-state index in [-0.39, 0.29) is 5.91 Å². The molecule has 3 N–H and O–H groups in total. The molecule has 1 amide bonds. The molecule has 1 heterocycles. The van der Waals surface area contributed by atoms with Gasteiger partial charge in [-0.3, -0.25) is 10.1 Å². The molecule has 2 aromatic rings. The molecule has 1 aliphatic carbocycles. The Labute approximate surface area is 123 Å². The van der Waals surface area contributed by atoms with Crippen molar-refractivity contribution < 1.29 is 4.79 Å². The molecule has 4 nitrogen and oxygen atoms in total. The molecule has 6 heteroatoms. The number of nitrogen functional groups attached to an aromatic ring is 1. The Morgan fingerprint density at radius 2 is 2.26 bits per heavy atom. The summed E-state index contributed by atoms with van der Waals surface area (Å²) >= 11 is 4.88. The molecule has 0 saturated heterocycles. The van der Waals surface area contributed by atoms with E-state index >= 15 is 0 Å². The molecule has 1 aromatic heterocycles. The maximum atomic E-state index is 12.1. The highest BCUT2D eigenvalue weighted by molar-refractivity contribution is 9.10. The first-order chi connectivity index (χ1) is 9.13. The van der Waals surface area contributed by atoms with Gasteiger partial charge < -0.3 is 5.73 Å². The summed E-state index contributed by atoms with van der Waals surface area (Å²) in [7, 11) is 0. The Bertz CT molecular complexity index is 632. The van der Waals surface area contributed by atoms with Gasteiger partial charge in [0.15, 0.2) is 5.13 Å². The highest BCUT2D eigenvalue weighted by atomic mass is 79.9. The average Bonchev–Trinajstić information content (AvgIpc) is 2.93. The second kappa shape index (κ2) is 4.94. The summed E-state index contributed by atoms with van der Waals surface area (Å²) in [5, 5.41) is 3.51. The highest BCUT2D eigenvalue weighted by Crippen LogP contribution is 2.30. The monoisotopic (exact) mass is 337 g/mol. The molecule has 1 aromatic carbocycles. The van der Waals surface area contributed by atoms with E-state index in [1.54, 1.807) is 29.5 Å². The van der Waals surface area contributed by atoms with E-state index in [4.69, 9.17) is 5.73 Å². The van der Waals surface area contributed by atoms with Crippen molar-refractivity contribution >= 4 is 44.0 Å². The molecule has 0 aliphatic heterocycles. The number of hydrogen-bond acceptors (Lipinski definition) is 4. The van der Waals surface area contributed by atoms with Gasteiger partial charge in [0, 0.05) is 20.6 Å². The van der Waals surface area contributed by atoms with E-state index in [0.29, 0.717) is 16.4 Å². The molecule has 0 radical (unpaired) electrons. The van der Waals surface area contributed by atoms with Crippen LogP contribution in [0.4, 0.5) is 10.8 Å². The first-order valence-electron chi connectivity index (χ1n) is 5.98. The van der Waals surface area contributed by atoms with Crippen molar-refractivity contribution in [3.05, 3.63) is 38.8 Å². The van der Waals surface area contributed by atoms with Gasteiger partial charge in [0.25, 0.3) is 5.91 Å². The largest absolute Gasteiger partial charge is 0.398 e. The molecule has 0 spiro atoms. The van der Waals surface area contributed by atoms with E-state index in [9.17, 15) is 4.79 Å². The zero-order valence-electron chi connectivity index (χ0n) is 10.1. The zero-order chi connectivity index (χ0) is 13.4. The average molecular weight is 338 g/mol. The van der Waals surface area contributed by atoms with Crippen molar-refractivity contribution in [1.29, 1.82) is 0 Å². The van der Waals surface area contributed by atoms with E-state index < -0.39 is 0 Å². The number of carbonyl (C=O) groups excluding carboxylic acids is 1. The Morgan fingerprint density at radius 3 is 3.00 bits per heavy atom. The van der Waals surface area contributed by atoms with Crippen LogP contribution in [0.5, 0.6) is 0 Å². The minimum Gasteiger partial charge on any atom is -0.398 e. The summed E-state index contributed by atoms with van der Waals surface area (Å²) in [6, 6.07) is 5.16. The van der Waals surface area contributed by atoms with E-state index in [1.807, 2.05) is 0 Å². The molecule has 0 unspecified atom stereocenters. The third-order valence-corrected chi connectivity index (χ3v) is 4.87. The number of nitrogens with zero attached hydrogens (tertiary/aromatic N) is 1. The van der Waals surface area contributed by atoms with E-state index in [1.165, 1.54) is 11.3 Å². The minimum atomic E-state index is -0.174. The third kappa shape index (κ3) is 2.50. The van der Waals surface area contributed by atoms with Crippen molar-refractivity contribution in [2.75, 3.05) is 11.1 Å². The molecule has 98 valence electrons. The predicted molar refractivity (Wildman–Crippen MR) is 80.6 cm³/mol. The molecule has 0 fully saturated rings. The van der Waals surface area contributed by atoms with Crippen LogP contribution in [0, 0.1) is 0 Å². The van der Waals surface area contributed by atoms with Crippen LogP contribution in [0.2, 0.25) is 0 Å². The van der Waals surface area contributed by atoms with Crippen molar-refractivity contribution in [3.63, 3.8) is 0 Å². The second-order valence-electron chi connectivity index (χ2n) is 4.43.